The van der Waals surface area contributed by atoms with Crippen LogP contribution in [0, 0.1) is 0 Å². The van der Waals surface area contributed by atoms with Gasteiger partial charge in [-0.1, -0.05) is 66.7 Å². The van der Waals surface area contributed by atoms with Crippen LogP contribution in [0.15, 0.2) is 90.5 Å². The number of ether oxygens (including phenoxy) is 1. The van der Waals surface area contributed by atoms with Crippen LogP contribution in [0.3, 0.4) is 0 Å². The Balaban J connectivity index is 1.53. The number of hydrogen-bond acceptors (Lipinski definition) is 2. The predicted octanol–water partition coefficient (Wildman–Crippen LogP) is 6.38. The Bertz CT molecular complexity index is 925. The van der Waals surface area contributed by atoms with E-state index < -0.39 is 0 Å². The number of benzene rings is 3. The van der Waals surface area contributed by atoms with Crippen molar-refractivity contribution in [2.24, 2.45) is 0 Å². The van der Waals surface area contributed by atoms with Crippen LogP contribution < -0.4 is 4.90 Å². The SMILES string of the molecule is O=C(OCC1=Cc2ccccc2CCC1)N(c1ccccc1)c1ccccc1. The lowest BCUT2D eigenvalue weighted by atomic mass is 10.1. The van der Waals surface area contributed by atoms with Crippen molar-refractivity contribution in [2.75, 3.05) is 11.5 Å². The van der Waals surface area contributed by atoms with E-state index in [0.717, 1.165) is 36.2 Å². The number of fused-ring (bicyclic) bond motifs is 1. The molecule has 3 heteroatoms. The number of amides is 1. The number of carbonyl (C=O) groups is 1. The van der Waals surface area contributed by atoms with Crippen molar-refractivity contribution < 1.29 is 9.53 Å². The maximum atomic E-state index is 13.0. The van der Waals surface area contributed by atoms with Crippen molar-refractivity contribution in [3.05, 3.63) is 102 Å². The minimum absolute atomic E-state index is 0.309. The van der Waals surface area contributed by atoms with Crippen molar-refractivity contribution in [1.82, 2.24) is 0 Å². The molecular weight excluding hydrogens is 346 g/mol. The van der Waals surface area contributed by atoms with Gasteiger partial charge in [-0.2, -0.15) is 0 Å². The zero-order valence-corrected chi connectivity index (χ0v) is 15.8. The molecule has 0 heterocycles. The van der Waals surface area contributed by atoms with E-state index in [0.29, 0.717) is 6.61 Å². The van der Waals surface area contributed by atoms with Crippen molar-refractivity contribution in [3.63, 3.8) is 0 Å². The summed E-state index contributed by atoms with van der Waals surface area (Å²) in [6, 6.07) is 27.6. The summed E-state index contributed by atoms with van der Waals surface area (Å²) in [7, 11) is 0. The Morgan fingerprint density at radius 3 is 2.07 bits per heavy atom. The molecule has 0 radical (unpaired) electrons. The largest absolute Gasteiger partial charge is 0.444 e. The number of para-hydroxylation sites is 2. The van der Waals surface area contributed by atoms with Gasteiger partial charge in [-0.05, 0) is 60.2 Å². The van der Waals surface area contributed by atoms with E-state index in [9.17, 15) is 4.79 Å². The van der Waals surface area contributed by atoms with E-state index in [1.807, 2.05) is 60.7 Å². The van der Waals surface area contributed by atoms with E-state index >= 15 is 0 Å². The molecule has 1 amide bonds. The Hall–Kier alpha value is -3.33. The molecule has 1 aliphatic rings. The number of aryl methyl sites for hydroxylation is 1. The second-order valence-electron chi connectivity index (χ2n) is 6.92. The molecule has 0 unspecified atom stereocenters. The fourth-order valence-corrected chi connectivity index (χ4v) is 3.55. The van der Waals surface area contributed by atoms with Gasteiger partial charge in [0.2, 0.25) is 0 Å². The fourth-order valence-electron chi connectivity index (χ4n) is 3.55. The average Bonchev–Trinajstić information content (AvgIpc) is 2.96. The molecule has 3 aromatic carbocycles. The van der Waals surface area contributed by atoms with Crippen LogP contribution in [0.25, 0.3) is 6.08 Å². The van der Waals surface area contributed by atoms with E-state index in [4.69, 9.17) is 4.74 Å². The standard InChI is InChI=1S/C25H23NO2/c27-25(26(23-14-3-1-4-15-23)24-16-5-2-6-17-24)28-19-20-10-9-13-21-11-7-8-12-22(21)18-20/h1-8,11-12,14-18H,9-10,13,19H2. The molecule has 0 spiro atoms. The zero-order valence-electron chi connectivity index (χ0n) is 15.8. The van der Waals surface area contributed by atoms with E-state index in [2.05, 4.69) is 30.3 Å². The highest BCUT2D eigenvalue weighted by atomic mass is 16.6. The van der Waals surface area contributed by atoms with Gasteiger partial charge < -0.3 is 4.74 Å². The van der Waals surface area contributed by atoms with Gasteiger partial charge in [-0.3, -0.25) is 0 Å². The van der Waals surface area contributed by atoms with Crippen LogP contribution in [-0.4, -0.2) is 12.7 Å². The molecule has 3 aromatic rings. The quantitative estimate of drug-likeness (QED) is 0.534. The van der Waals surface area contributed by atoms with Gasteiger partial charge in [0.1, 0.15) is 6.61 Å². The topological polar surface area (TPSA) is 29.5 Å². The highest BCUT2D eigenvalue weighted by Gasteiger charge is 2.20. The number of rotatable bonds is 4. The zero-order chi connectivity index (χ0) is 19.2. The second kappa shape index (κ2) is 8.57. The van der Waals surface area contributed by atoms with Gasteiger partial charge >= 0.3 is 6.09 Å². The summed E-state index contributed by atoms with van der Waals surface area (Å²) in [6.07, 6.45) is 4.88. The fraction of sp³-hybridized carbons (Fsp3) is 0.160. The summed E-state index contributed by atoms with van der Waals surface area (Å²) < 4.78 is 5.74. The summed E-state index contributed by atoms with van der Waals surface area (Å²) >= 11 is 0. The number of anilines is 2. The first-order valence-electron chi connectivity index (χ1n) is 9.65. The molecule has 140 valence electrons. The van der Waals surface area contributed by atoms with Crippen LogP contribution in [0.4, 0.5) is 16.2 Å². The smallest absolute Gasteiger partial charge is 0.419 e. The lowest BCUT2D eigenvalue weighted by molar-refractivity contribution is 0.165. The number of hydrogen-bond donors (Lipinski definition) is 0. The molecule has 28 heavy (non-hydrogen) atoms. The Morgan fingerprint density at radius 2 is 1.39 bits per heavy atom. The molecular formula is C25H23NO2. The summed E-state index contributed by atoms with van der Waals surface area (Å²) in [5.41, 5.74) is 5.32. The monoisotopic (exact) mass is 369 g/mol. The highest BCUT2D eigenvalue weighted by molar-refractivity contribution is 5.96. The molecule has 0 fully saturated rings. The van der Waals surface area contributed by atoms with Crippen LogP contribution >= 0.6 is 0 Å². The molecule has 0 bridgehead atoms. The van der Waals surface area contributed by atoms with Crippen LogP contribution in [0.2, 0.25) is 0 Å². The maximum absolute atomic E-state index is 13.0. The number of carbonyl (C=O) groups excluding carboxylic acids is 1. The molecule has 0 aromatic heterocycles. The summed E-state index contributed by atoms with van der Waals surface area (Å²) in [6.45, 7) is 0.309. The minimum atomic E-state index is -0.365. The van der Waals surface area contributed by atoms with Crippen molar-refractivity contribution in [1.29, 1.82) is 0 Å². The van der Waals surface area contributed by atoms with Crippen LogP contribution in [0.1, 0.15) is 24.0 Å². The van der Waals surface area contributed by atoms with Crippen molar-refractivity contribution in [3.8, 4) is 0 Å². The average molecular weight is 369 g/mol. The van der Waals surface area contributed by atoms with Crippen LogP contribution in [0.5, 0.6) is 0 Å². The van der Waals surface area contributed by atoms with Gasteiger partial charge in [0.05, 0.1) is 11.4 Å². The highest BCUT2D eigenvalue weighted by Crippen LogP contribution is 2.27. The molecule has 0 saturated carbocycles. The van der Waals surface area contributed by atoms with E-state index in [1.165, 1.54) is 11.1 Å². The third kappa shape index (κ3) is 4.15. The summed E-state index contributed by atoms with van der Waals surface area (Å²) in [4.78, 5) is 14.6. The first-order chi connectivity index (χ1) is 13.8. The van der Waals surface area contributed by atoms with E-state index in [1.54, 1.807) is 4.90 Å². The first-order valence-corrected chi connectivity index (χ1v) is 9.65. The maximum Gasteiger partial charge on any atom is 0.419 e. The lowest BCUT2D eigenvalue weighted by Crippen LogP contribution is -2.27. The summed E-state index contributed by atoms with van der Waals surface area (Å²) in [5, 5.41) is 0. The van der Waals surface area contributed by atoms with Gasteiger partial charge in [-0.15, -0.1) is 0 Å². The molecule has 4 rings (SSSR count). The number of nitrogens with zero attached hydrogens (tertiary/aromatic N) is 1. The molecule has 0 aliphatic heterocycles. The lowest BCUT2D eigenvalue weighted by Gasteiger charge is -2.22. The molecule has 0 saturated heterocycles. The van der Waals surface area contributed by atoms with Crippen molar-refractivity contribution in [2.45, 2.75) is 19.3 Å². The third-order valence-electron chi connectivity index (χ3n) is 4.95. The van der Waals surface area contributed by atoms with Crippen LogP contribution in [-0.2, 0) is 11.2 Å². The third-order valence-corrected chi connectivity index (χ3v) is 4.95. The minimum Gasteiger partial charge on any atom is -0.444 e. The van der Waals surface area contributed by atoms with Crippen molar-refractivity contribution >= 4 is 23.5 Å². The predicted molar refractivity (Wildman–Crippen MR) is 114 cm³/mol. The molecule has 0 atom stereocenters. The molecule has 0 N–H and O–H groups in total. The van der Waals surface area contributed by atoms with Gasteiger partial charge in [-0.25, -0.2) is 9.69 Å². The Labute approximate surface area is 165 Å². The van der Waals surface area contributed by atoms with Gasteiger partial charge in [0.25, 0.3) is 0 Å². The molecule has 1 aliphatic carbocycles. The summed E-state index contributed by atoms with van der Waals surface area (Å²) in [5.74, 6) is 0. The molecule has 3 nitrogen and oxygen atoms in total. The van der Waals surface area contributed by atoms with Gasteiger partial charge in [0, 0.05) is 0 Å². The van der Waals surface area contributed by atoms with Gasteiger partial charge in [0.15, 0.2) is 0 Å². The normalized spacial score (nSPS) is 13.1. The van der Waals surface area contributed by atoms with E-state index in [-0.39, 0.29) is 6.09 Å². The Kier molecular flexibility index (Phi) is 5.53. The second-order valence-corrected chi connectivity index (χ2v) is 6.92. The first kappa shape index (κ1) is 18.1. The Morgan fingerprint density at radius 1 is 0.786 bits per heavy atom.